The van der Waals surface area contributed by atoms with Gasteiger partial charge in [-0.1, -0.05) is 0 Å². The zero-order valence-corrected chi connectivity index (χ0v) is 13.1. The van der Waals surface area contributed by atoms with E-state index in [1.165, 1.54) is 17.7 Å². The highest BCUT2D eigenvalue weighted by Crippen LogP contribution is 2.24. The van der Waals surface area contributed by atoms with Crippen molar-refractivity contribution in [3.05, 3.63) is 35.9 Å². The molecule has 0 aromatic carbocycles. The average molecular weight is 329 g/mol. The molecule has 23 heavy (non-hydrogen) atoms. The van der Waals surface area contributed by atoms with E-state index in [9.17, 15) is 4.79 Å². The Labute approximate surface area is 136 Å². The van der Waals surface area contributed by atoms with Crippen LogP contribution in [0.15, 0.2) is 30.2 Å². The first-order chi connectivity index (χ1) is 11.3. The molecule has 0 radical (unpaired) electrons. The van der Waals surface area contributed by atoms with Crippen LogP contribution in [-0.4, -0.2) is 53.3 Å². The highest BCUT2D eigenvalue weighted by Gasteiger charge is 2.31. The fourth-order valence-corrected chi connectivity index (χ4v) is 3.59. The monoisotopic (exact) mass is 329 g/mol. The highest BCUT2D eigenvalue weighted by atomic mass is 32.1. The molecule has 3 aromatic heterocycles. The lowest BCUT2D eigenvalue weighted by atomic mass is 10.2. The van der Waals surface area contributed by atoms with E-state index in [-0.39, 0.29) is 11.9 Å². The van der Waals surface area contributed by atoms with Gasteiger partial charge < -0.3 is 4.90 Å². The van der Waals surface area contributed by atoms with E-state index in [4.69, 9.17) is 0 Å². The number of hydrogen-bond donors (Lipinski definition) is 1. The van der Waals surface area contributed by atoms with Gasteiger partial charge in [0.15, 0.2) is 10.8 Å². The van der Waals surface area contributed by atoms with Crippen LogP contribution >= 0.6 is 11.3 Å². The minimum absolute atomic E-state index is 0.0262. The van der Waals surface area contributed by atoms with Gasteiger partial charge in [0.25, 0.3) is 5.91 Å². The van der Waals surface area contributed by atoms with Crippen LogP contribution in [0.4, 0.5) is 0 Å². The van der Waals surface area contributed by atoms with Gasteiger partial charge in [-0.25, -0.2) is 9.97 Å². The lowest BCUT2D eigenvalue weighted by Crippen LogP contribution is -2.38. The molecule has 1 unspecified atom stereocenters. The van der Waals surface area contributed by atoms with Gasteiger partial charge in [0.1, 0.15) is 12.0 Å². The van der Waals surface area contributed by atoms with Gasteiger partial charge in [-0.05, 0) is 18.9 Å². The van der Waals surface area contributed by atoms with E-state index < -0.39 is 0 Å². The molecular formula is C14H15N7OS. The number of hydrogen-bond acceptors (Lipinski definition) is 6. The summed E-state index contributed by atoms with van der Waals surface area (Å²) in [6, 6.07) is 2.06. The van der Waals surface area contributed by atoms with Crippen LogP contribution in [0.2, 0.25) is 0 Å². The van der Waals surface area contributed by atoms with Gasteiger partial charge >= 0.3 is 0 Å². The minimum atomic E-state index is -0.0262. The average Bonchev–Trinajstić information content (AvgIpc) is 3.33. The van der Waals surface area contributed by atoms with Gasteiger partial charge in [-0.15, -0.1) is 11.3 Å². The van der Waals surface area contributed by atoms with Crippen molar-refractivity contribution in [1.82, 2.24) is 34.8 Å². The predicted molar refractivity (Wildman–Crippen MR) is 83.8 cm³/mol. The summed E-state index contributed by atoms with van der Waals surface area (Å²) in [6.07, 6.45) is 7.11. The molecule has 0 spiro atoms. The van der Waals surface area contributed by atoms with Crippen molar-refractivity contribution < 1.29 is 4.79 Å². The first-order valence-corrected chi connectivity index (χ1v) is 8.29. The number of amides is 1. The second-order valence-electron chi connectivity index (χ2n) is 5.39. The van der Waals surface area contributed by atoms with Crippen LogP contribution in [0.25, 0.3) is 10.8 Å². The largest absolute Gasteiger partial charge is 0.332 e. The van der Waals surface area contributed by atoms with E-state index in [0.29, 0.717) is 16.5 Å². The number of likely N-dealkylation sites (tertiary alicyclic amines) is 1. The maximum Gasteiger partial charge on any atom is 0.273 e. The standard InChI is InChI=1S/C14H15N7OS/c22-14(11-8-23-13(18-11)12-15-9-16-19-12)21-6-1-3-10(21)7-20-5-2-4-17-20/h2,4-5,8-10H,1,3,6-7H2,(H,15,16,19). The van der Waals surface area contributed by atoms with Crippen LogP contribution in [-0.2, 0) is 6.54 Å². The summed E-state index contributed by atoms with van der Waals surface area (Å²) in [4.78, 5) is 23.1. The lowest BCUT2D eigenvalue weighted by Gasteiger charge is -2.23. The maximum atomic E-state index is 12.8. The van der Waals surface area contributed by atoms with Crippen molar-refractivity contribution in [3.8, 4) is 10.8 Å². The predicted octanol–water partition coefficient (Wildman–Crippen LogP) is 1.43. The number of rotatable bonds is 4. The van der Waals surface area contributed by atoms with Gasteiger partial charge in [-0.2, -0.15) is 10.2 Å². The molecule has 118 valence electrons. The topological polar surface area (TPSA) is 92.6 Å². The summed E-state index contributed by atoms with van der Waals surface area (Å²) in [5, 5.41) is 13.3. The lowest BCUT2D eigenvalue weighted by molar-refractivity contribution is 0.0716. The summed E-state index contributed by atoms with van der Waals surface area (Å²) in [7, 11) is 0. The van der Waals surface area contributed by atoms with E-state index in [0.717, 1.165) is 25.9 Å². The SMILES string of the molecule is O=C(c1csc(-c2ncn[nH]2)n1)N1CCCC1Cn1cccn1. The minimum Gasteiger partial charge on any atom is -0.332 e. The molecule has 1 N–H and O–H groups in total. The fourth-order valence-electron chi connectivity index (χ4n) is 2.85. The number of nitrogens with one attached hydrogen (secondary N) is 1. The van der Waals surface area contributed by atoms with Crippen LogP contribution < -0.4 is 0 Å². The van der Waals surface area contributed by atoms with Crippen molar-refractivity contribution in [1.29, 1.82) is 0 Å². The molecule has 9 heteroatoms. The van der Waals surface area contributed by atoms with E-state index in [1.807, 2.05) is 21.8 Å². The summed E-state index contributed by atoms with van der Waals surface area (Å²) in [5.74, 6) is 0.560. The molecule has 1 atom stereocenters. The Balaban J connectivity index is 1.51. The molecule has 0 saturated carbocycles. The third-order valence-electron chi connectivity index (χ3n) is 3.94. The van der Waals surface area contributed by atoms with Crippen molar-refractivity contribution in [2.75, 3.05) is 6.54 Å². The highest BCUT2D eigenvalue weighted by molar-refractivity contribution is 7.13. The molecule has 1 aliphatic heterocycles. The summed E-state index contributed by atoms with van der Waals surface area (Å²) < 4.78 is 1.87. The molecule has 1 saturated heterocycles. The Kier molecular flexibility index (Phi) is 3.62. The number of aromatic nitrogens is 6. The molecule has 1 fully saturated rings. The quantitative estimate of drug-likeness (QED) is 0.781. The van der Waals surface area contributed by atoms with Crippen LogP contribution in [0.5, 0.6) is 0 Å². The van der Waals surface area contributed by atoms with Crippen molar-refractivity contribution in [2.24, 2.45) is 0 Å². The molecule has 4 heterocycles. The van der Waals surface area contributed by atoms with Gasteiger partial charge in [0.05, 0.1) is 12.6 Å². The molecular weight excluding hydrogens is 314 g/mol. The molecule has 3 aromatic rings. The van der Waals surface area contributed by atoms with E-state index in [1.54, 1.807) is 11.6 Å². The maximum absolute atomic E-state index is 12.8. The second-order valence-corrected chi connectivity index (χ2v) is 6.25. The third-order valence-corrected chi connectivity index (χ3v) is 4.78. The van der Waals surface area contributed by atoms with Crippen LogP contribution in [0.3, 0.4) is 0 Å². The number of carbonyl (C=O) groups is 1. The summed E-state index contributed by atoms with van der Waals surface area (Å²) >= 11 is 1.39. The number of H-pyrrole nitrogens is 1. The smallest absolute Gasteiger partial charge is 0.273 e. The van der Waals surface area contributed by atoms with E-state index in [2.05, 4.69) is 25.3 Å². The first kappa shape index (κ1) is 14.1. The van der Waals surface area contributed by atoms with E-state index >= 15 is 0 Å². The zero-order chi connectivity index (χ0) is 15.6. The van der Waals surface area contributed by atoms with Crippen molar-refractivity contribution in [3.63, 3.8) is 0 Å². The molecule has 0 bridgehead atoms. The molecule has 8 nitrogen and oxygen atoms in total. The molecule has 4 rings (SSSR count). The number of aromatic amines is 1. The summed E-state index contributed by atoms with van der Waals surface area (Å²) in [6.45, 7) is 1.48. The van der Waals surface area contributed by atoms with Gasteiger partial charge in [0.2, 0.25) is 0 Å². The Hall–Kier alpha value is -2.55. The number of thiazole rings is 1. The van der Waals surface area contributed by atoms with Gasteiger partial charge in [0, 0.05) is 24.3 Å². The van der Waals surface area contributed by atoms with Crippen molar-refractivity contribution in [2.45, 2.75) is 25.4 Å². The van der Waals surface area contributed by atoms with Crippen LogP contribution in [0, 0.1) is 0 Å². The van der Waals surface area contributed by atoms with Crippen LogP contribution in [0.1, 0.15) is 23.3 Å². The van der Waals surface area contributed by atoms with Gasteiger partial charge in [-0.3, -0.25) is 14.6 Å². The fraction of sp³-hybridized carbons (Fsp3) is 0.357. The van der Waals surface area contributed by atoms with Crippen molar-refractivity contribution >= 4 is 17.2 Å². The zero-order valence-electron chi connectivity index (χ0n) is 12.3. The summed E-state index contributed by atoms with van der Waals surface area (Å²) in [5.41, 5.74) is 0.466. The Bertz CT molecular complexity index is 780. The third kappa shape index (κ3) is 2.74. The number of nitrogens with zero attached hydrogens (tertiary/aromatic N) is 6. The number of carbonyl (C=O) groups excluding carboxylic acids is 1. The first-order valence-electron chi connectivity index (χ1n) is 7.41. The Morgan fingerprint density at radius 1 is 1.48 bits per heavy atom. The molecule has 0 aliphatic carbocycles. The molecule has 1 aliphatic rings. The molecule has 1 amide bonds. The normalized spacial score (nSPS) is 17.7. The Morgan fingerprint density at radius 3 is 3.22 bits per heavy atom. The second kappa shape index (κ2) is 5.92. The Morgan fingerprint density at radius 2 is 2.43 bits per heavy atom.